The van der Waals surface area contributed by atoms with Crippen LogP contribution < -0.4 is 10.0 Å². The fraction of sp³-hybridized carbons (Fsp3) is 0.333. The van der Waals surface area contributed by atoms with Crippen molar-refractivity contribution in [3.8, 4) is 0 Å². The number of nitrogens with zero attached hydrogens (tertiary/aromatic N) is 3. The smallest absolute Gasteiger partial charge is 0.280 e. The standard InChI is InChI=1S/C18H21F2N5O2S/c1-10(9-26)23-28-18-15-12(5-7-24(15)2)14(25(18)3)17(27)22-11-4-6-21-13(8-11)16(19)20/h4-8,10,16,23,26H,9H2,1-3H3,(H,21,22,27). The van der Waals surface area contributed by atoms with E-state index >= 15 is 0 Å². The molecule has 0 aliphatic rings. The first-order chi connectivity index (χ1) is 13.3. The number of carbonyl (C=O) groups excluding carboxylic acids is 1. The van der Waals surface area contributed by atoms with Crippen LogP contribution in [0.3, 0.4) is 0 Å². The molecule has 0 fully saturated rings. The minimum Gasteiger partial charge on any atom is -0.395 e. The van der Waals surface area contributed by atoms with Crippen LogP contribution in [0, 0.1) is 0 Å². The predicted octanol–water partition coefficient (Wildman–Crippen LogP) is 3.08. The molecular weight excluding hydrogens is 388 g/mol. The molecule has 0 bridgehead atoms. The molecule has 3 aromatic rings. The van der Waals surface area contributed by atoms with Crippen molar-refractivity contribution in [2.45, 2.75) is 24.4 Å². The number of pyridine rings is 1. The number of rotatable bonds is 7. The van der Waals surface area contributed by atoms with Gasteiger partial charge in [-0.3, -0.25) is 14.5 Å². The Kier molecular flexibility index (Phi) is 6.01. The molecule has 0 saturated heterocycles. The Morgan fingerprint density at radius 3 is 2.79 bits per heavy atom. The molecule has 1 unspecified atom stereocenters. The van der Waals surface area contributed by atoms with Crippen molar-refractivity contribution < 1.29 is 18.7 Å². The first-order valence-electron chi connectivity index (χ1n) is 8.55. The number of anilines is 1. The highest BCUT2D eigenvalue weighted by atomic mass is 32.2. The maximum Gasteiger partial charge on any atom is 0.280 e. The second kappa shape index (κ2) is 8.29. The molecule has 150 valence electrons. The number of halogens is 2. The Morgan fingerprint density at radius 2 is 2.11 bits per heavy atom. The summed E-state index contributed by atoms with van der Waals surface area (Å²) >= 11 is 1.32. The second-order valence-corrected chi connectivity index (χ2v) is 7.26. The maximum atomic E-state index is 12.9. The molecule has 10 heteroatoms. The molecule has 3 rings (SSSR count). The summed E-state index contributed by atoms with van der Waals surface area (Å²) in [6, 6.07) is 4.33. The Balaban J connectivity index is 1.95. The van der Waals surface area contributed by atoms with Gasteiger partial charge in [0.2, 0.25) is 0 Å². The minimum absolute atomic E-state index is 0.0183. The molecule has 0 aromatic carbocycles. The number of hydrogen-bond donors (Lipinski definition) is 3. The van der Waals surface area contributed by atoms with E-state index in [9.17, 15) is 18.7 Å². The third-order valence-corrected chi connectivity index (χ3v) is 5.46. The summed E-state index contributed by atoms with van der Waals surface area (Å²) in [7, 11) is 3.64. The topological polar surface area (TPSA) is 84.1 Å². The predicted molar refractivity (Wildman–Crippen MR) is 105 cm³/mol. The number of carbonyl (C=O) groups is 1. The highest BCUT2D eigenvalue weighted by Crippen LogP contribution is 2.33. The molecule has 3 N–H and O–H groups in total. The SMILES string of the molecule is CC(CO)NSc1c2c(ccn2C)c(C(=O)Nc2ccnc(C(F)F)c2)n1C. The van der Waals surface area contributed by atoms with Gasteiger partial charge in [-0.2, -0.15) is 0 Å². The van der Waals surface area contributed by atoms with Crippen LogP contribution in [0.25, 0.3) is 10.9 Å². The van der Waals surface area contributed by atoms with Crippen LogP contribution in [-0.4, -0.2) is 37.8 Å². The lowest BCUT2D eigenvalue weighted by Gasteiger charge is -2.12. The van der Waals surface area contributed by atoms with Gasteiger partial charge in [0.1, 0.15) is 16.4 Å². The number of fused-ring (bicyclic) bond motifs is 1. The van der Waals surface area contributed by atoms with Crippen molar-refractivity contribution in [2.24, 2.45) is 14.1 Å². The number of aryl methyl sites for hydroxylation is 1. The van der Waals surface area contributed by atoms with Gasteiger partial charge in [0.15, 0.2) is 0 Å². The Labute approximate surface area is 164 Å². The lowest BCUT2D eigenvalue weighted by molar-refractivity contribution is 0.102. The number of aromatic nitrogens is 3. The van der Waals surface area contributed by atoms with E-state index < -0.39 is 18.0 Å². The fourth-order valence-corrected chi connectivity index (χ4v) is 3.82. The number of aliphatic hydroxyl groups is 1. The van der Waals surface area contributed by atoms with Crippen LogP contribution in [0.2, 0.25) is 0 Å². The van der Waals surface area contributed by atoms with E-state index in [4.69, 9.17) is 0 Å². The van der Waals surface area contributed by atoms with Gasteiger partial charge in [0, 0.05) is 43.6 Å². The summed E-state index contributed by atoms with van der Waals surface area (Å²) in [6.07, 6.45) is 0.375. The van der Waals surface area contributed by atoms with Crippen molar-refractivity contribution >= 4 is 34.4 Å². The third kappa shape index (κ3) is 3.89. The first kappa shape index (κ1) is 20.3. The van der Waals surface area contributed by atoms with Gasteiger partial charge >= 0.3 is 0 Å². The summed E-state index contributed by atoms with van der Waals surface area (Å²) in [6.45, 7) is 1.82. The van der Waals surface area contributed by atoms with Crippen LogP contribution in [0.15, 0.2) is 35.6 Å². The molecule has 28 heavy (non-hydrogen) atoms. The fourth-order valence-electron chi connectivity index (χ4n) is 2.85. The monoisotopic (exact) mass is 409 g/mol. The molecule has 1 amide bonds. The first-order valence-corrected chi connectivity index (χ1v) is 9.37. The molecule has 3 heterocycles. The summed E-state index contributed by atoms with van der Waals surface area (Å²) in [5.41, 5.74) is 1.13. The number of alkyl halides is 2. The minimum atomic E-state index is -2.71. The van der Waals surface area contributed by atoms with Gasteiger partial charge in [-0.05, 0) is 37.1 Å². The maximum absolute atomic E-state index is 12.9. The van der Waals surface area contributed by atoms with Crippen LogP contribution in [0.5, 0.6) is 0 Å². The van der Waals surface area contributed by atoms with E-state index in [1.54, 1.807) is 11.6 Å². The van der Waals surface area contributed by atoms with E-state index in [0.717, 1.165) is 22.0 Å². The van der Waals surface area contributed by atoms with Crippen LogP contribution in [0.1, 0.15) is 29.5 Å². The molecule has 1 atom stereocenters. The number of hydrogen-bond acceptors (Lipinski definition) is 5. The lowest BCUT2D eigenvalue weighted by Crippen LogP contribution is -2.23. The average molecular weight is 409 g/mol. The van der Waals surface area contributed by atoms with Crippen molar-refractivity contribution in [1.82, 2.24) is 18.8 Å². The third-order valence-electron chi connectivity index (χ3n) is 4.28. The zero-order valence-corrected chi connectivity index (χ0v) is 16.4. The van der Waals surface area contributed by atoms with Gasteiger partial charge in [-0.25, -0.2) is 8.78 Å². The zero-order valence-electron chi connectivity index (χ0n) is 15.6. The number of nitrogens with one attached hydrogen (secondary N) is 2. The van der Waals surface area contributed by atoms with Crippen molar-refractivity contribution in [3.05, 3.63) is 42.0 Å². The lowest BCUT2D eigenvalue weighted by atomic mass is 10.2. The largest absolute Gasteiger partial charge is 0.395 e. The van der Waals surface area contributed by atoms with Gasteiger partial charge in [-0.15, -0.1) is 0 Å². The number of amides is 1. The highest BCUT2D eigenvalue weighted by Gasteiger charge is 2.23. The van der Waals surface area contributed by atoms with E-state index in [2.05, 4.69) is 15.0 Å². The van der Waals surface area contributed by atoms with Crippen molar-refractivity contribution in [2.75, 3.05) is 11.9 Å². The van der Waals surface area contributed by atoms with E-state index in [1.807, 2.05) is 30.8 Å². The molecule has 0 aliphatic carbocycles. The second-order valence-electron chi connectivity index (χ2n) is 6.43. The van der Waals surface area contributed by atoms with Crippen LogP contribution >= 0.6 is 11.9 Å². The Morgan fingerprint density at radius 1 is 1.36 bits per heavy atom. The summed E-state index contributed by atoms with van der Waals surface area (Å²) in [5, 5.41) is 13.4. The van der Waals surface area contributed by atoms with Crippen molar-refractivity contribution in [1.29, 1.82) is 0 Å². The summed E-state index contributed by atoms with van der Waals surface area (Å²) in [4.78, 5) is 16.5. The van der Waals surface area contributed by atoms with Gasteiger partial charge in [0.25, 0.3) is 12.3 Å². The van der Waals surface area contributed by atoms with Crippen LogP contribution in [-0.2, 0) is 14.1 Å². The molecule has 0 aliphatic heterocycles. The normalized spacial score (nSPS) is 12.7. The van der Waals surface area contributed by atoms with E-state index in [-0.39, 0.29) is 18.3 Å². The summed E-state index contributed by atoms with van der Waals surface area (Å²) in [5.74, 6) is -0.410. The molecular formula is C18H21F2N5O2S. The van der Waals surface area contributed by atoms with Gasteiger partial charge < -0.3 is 19.6 Å². The molecule has 0 spiro atoms. The quantitative estimate of drug-likeness (QED) is 0.523. The molecule has 0 saturated carbocycles. The molecule has 7 nitrogen and oxygen atoms in total. The average Bonchev–Trinajstić information content (AvgIpc) is 3.16. The Hall–Kier alpha value is -2.43. The Bertz CT molecular complexity index is 1000. The van der Waals surface area contributed by atoms with E-state index in [1.165, 1.54) is 24.2 Å². The van der Waals surface area contributed by atoms with Crippen LogP contribution in [0.4, 0.5) is 14.5 Å². The van der Waals surface area contributed by atoms with Gasteiger partial charge in [-0.1, -0.05) is 0 Å². The summed E-state index contributed by atoms with van der Waals surface area (Å²) < 4.78 is 32.5. The van der Waals surface area contributed by atoms with Crippen molar-refractivity contribution in [3.63, 3.8) is 0 Å². The molecule has 3 aromatic heterocycles. The molecule has 0 radical (unpaired) electrons. The van der Waals surface area contributed by atoms with Gasteiger partial charge in [0.05, 0.1) is 12.1 Å². The van der Waals surface area contributed by atoms with E-state index in [0.29, 0.717) is 5.69 Å². The zero-order chi connectivity index (χ0) is 20.4. The number of aliphatic hydroxyl groups excluding tert-OH is 1. The highest BCUT2D eigenvalue weighted by molar-refractivity contribution is 7.97.